The lowest BCUT2D eigenvalue weighted by Gasteiger charge is -2.14. The molecule has 0 aliphatic carbocycles. The van der Waals surface area contributed by atoms with Gasteiger partial charge in [0.05, 0.1) is 28.3 Å². The molecule has 0 aliphatic heterocycles. The monoisotopic (exact) mass is 605 g/mol. The van der Waals surface area contributed by atoms with Gasteiger partial charge in [0, 0.05) is 25.3 Å². The van der Waals surface area contributed by atoms with Crippen LogP contribution in [0.5, 0.6) is 5.75 Å². The van der Waals surface area contributed by atoms with Crippen LogP contribution in [0.3, 0.4) is 0 Å². The van der Waals surface area contributed by atoms with Gasteiger partial charge in [-0.05, 0) is 80.1 Å². The minimum atomic E-state index is -1.01. The van der Waals surface area contributed by atoms with E-state index in [9.17, 15) is 20.1 Å². The van der Waals surface area contributed by atoms with Crippen LogP contribution >= 0.6 is 23.2 Å². The Labute approximate surface area is 252 Å². The maximum absolute atomic E-state index is 10.4. The van der Waals surface area contributed by atoms with Crippen LogP contribution in [0.2, 0.25) is 10.0 Å². The Morgan fingerprint density at radius 1 is 0.854 bits per heavy atom. The van der Waals surface area contributed by atoms with Crippen LogP contribution in [0.1, 0.15) is 71.7 Å². The Hall–Kier alpha value is -2.65. The zero-order valence-corrected chi connectivity index (χ0v) is 24.8. The summed E-state index contributed by atoms with van der Waals surface area (Å²) in [6, 6.07) is 19.6. The Kier molecular flexibility index (Phi) is 17.1. The van der Waals surface area contributed by atoms with Crippen LogP contribution in [0.25, 0.3) is 0 Å². The van der Waals surface area contributed by atoms with E-state index in [0.717, 1.165) is 58.3 Å². The van der Waals surface area contributed by atoms with Crippen molar-refractivity contribution in [3.8, 4) is 5.75 Å². The Morgan fingerprint density at radius 2 is 1.56 bits per heavy atom. The normalized spacial score (nSPS) is 11.5. The summed E-state index contributed by atoms with van der Waals surface area (Å²) >= 11 is 11.1. The van der Waals surface area contributed by atoms with E-state index in [0.29, 0.717) is 22.7 Å². The first-order chi connectivity index (χ1) is 19.8. The molecule has 0 amide bonds. The number of aliphatic hydroxyl groups is 2. The molecule has 3 rings (SSSR count). The number of carbonyl (C=O) groups is 1. The second kappa shape index (κ2) is 20.3. The van der Waals surface area contributed by atoms with E-state index in [1.807, 2.05) is 0 Å². The van der Waals surface area contributed by atoms with Crippen LogP contribution in [0.15, 0.2) is 66.7 Å². The second-order valence-corrected chi connectivity index (χ2v) is 10.5. The smallest absolute Gasteiger partial charge is 0.335 e. The van der Waals surface area contributed by atoms with Gasteiger partial charge in [0.25, 0.3) is 0 Å². The first-order valence-electron chi connectivity index (χ1n) is 13.9. The van der Waals surface area contributed by atoms with Gasteiger partial charge >= 0.3 is 5.97 Å². The molecule has 0 radical (unpaired) electrons. The van der Waals surface area contributed by atoms with Gasteiger partial charge in [0.1, 0.15) is 5.75 Å². The van der Waals surface area contributed by atoms with Crippen molar-refractivity contribution in [3.05, 3.63) is 99.0 Å². The molecule has 0 aliphatic rings. The summed E-state index contributed by atoms with van der Waals surface area (Å²) in [6.07, 6.45) is 7.24. The predicted molar refractivity (Wildman–Crippen MR) is 164 cm³/mol. The molecule has 9 heteroatoms. The molecule has 0 aromatic heterocycles. The van der Waals surface area contributed by atoms with Gasteiger partial charge in [-0.15, -0.1) is 0 Å². The fraction of sp³-hybridized carbons (Fsp3) is 0.406. The van der Waals surface area contributed by atoms with Crippen molar-refractivity contribution in [2.75, 3.05) is 26.3 Å². The SMILES string of the molecule is O=C(O)c1ccc(Cl)c(Cl)c1.OCc1cc(C(O)CNCCCCCCOCCCCc2ccccc2)ccc1O. The molecule has 3 aromatic rings. The largest absolute Gasteiger partial charge is 0.508 e. The minimum Gasteiger partial charge on any atom is -0.508 e. The Bertz CT molecular complexity index is 1160. The second-order valence-electron chi connectivity index (χ2n) is 9.67. The fourth-order valence-electron chi connectivity index (χ4n) is 4.01. The zero-order valence-electron chi connectivity index (χ0n) is 23.3. The number of rotatable bonds is 17. The first kappa shape index (κ1) is 34.6. The molecular weight excluding hydrogens is 565 g/mol. The summed E-state index contributed by atoms with van der Waals surface area (Å²) < 4.78 is 5.72. The number of nitrogens with one attached hydrogen (secondary N) is 1. The number of carboxylic acid groups (broad SMARTS) is 1. The van der Waals surface area contributed by atoms with E-state index in [1.54, 1.807) is 12.1 Å². The topological polar surface area (TPSA) is 119 Å². The number of hydrogen-bond acceptors (Lipinski definition) is 6. The molecule has 224 valence electrons. The standard InChI is InChI=1S/C25H37NO4.C7H4Cl2O2/c27-20-23-18-22(13-14-24(23)28)25(29)19-26-15-7-1-2-8-16-30-17-9-6-12-21-10-4-3-5-11-21;8-5-2-1-4(7(10)11)3-6(5)9/h3-5,10-11,13-14,18,25-29H,1-2,6-9,12,15-17,19-20H2;1-3H,(H,10,11). The minimum absolute atomic E-state index is 0.0533. The third kappa shape index (κ3) is 14.2. The molecule has 7 nitrogen and oxygen atoms in total. The lowest BCUT2D eigenvalue weighted by atomic mass is 10.1. The van der Waals surface area contributed by atoms with E-state index < -0.39 is 12.1 Å². The number of ether oxygens (including phenoxy) is 1. The van der Waals surface area contributed by atoms with Crippen molar-refractivity contribution in [1.82, 2.24) is 5.32 Å². The number of unbranched alkanes of at least 4 members (excludes halogenated alkanes) is 4. The maximum atomic E-state index is 10.4. The molecule has 1 unspecified atom stereocenters. The molecule has 0 spiro atoms. The van der Waals surface area contributed by atoms with Crippen LogP contribution in [0.4, 0.5) is 0 Å². The van der Waals surface area contributed by atoms with E-state index in [-0.39, 0.29) is 22.9 Å². The van der Waals surface area contributed by atoms with Crippen LogP contribution in [-0.4, -0.2) is 52.7 Å². The number of halogens is 2. The van der Waals surface area contributed by atoms with E-state index in [4.69, 9.17) is 33.0 Å². The molecule has 3 aromatic carbocycles. The zero-order chi connectivity index (χ0) is 29.9. The van der Waals surface area contributed by atoms with E-state index >= 15 is 0 Å². The van der Waals surface area contributed by atoms with E-state index in [1.165, 1.54) is 36.2 Å². The van der Waals surface area contributed by atoms with Gasteiger partial charge < -0.3 is 30.5 Å². The van der Waals surface area contributed by atoms with Crippen LogP contribution in [0, 0.1) is 0 Å². The molecule has 0 saturated heterocycles. The number of carboxylic acids is 1. The van der Waals surface area contributed by atoms with Gasteiger partial charge in [0.15, 0.2) is 0 Å². The number of aromatic carboxylic acids is 1. The summed E-state index contributed by atoms with van der Waals surface area (Å²) in [4.78, 5) is 10.4. The highest BCUT2D eigenvalue weighted by Crippen LogP contribution is 2.23. The molecule has 0 saturated carbocycles. The number of aromatic hydroxyl groups is 1. The average molecular weight is 607 g/mol. The van der Waals surface area contributed by atoms with Gasteiger partial charge in [-0.3, -0.25) is 0 Å². The molecule has 5 N–H and O–H groups in total. The van der Waals surface area contributed by atoms with Crippen molar-refractivity contribution in [1.29, 1.82) is 0 Å². The van der Waals surface area contributed by atoms with Crippen molar-refractivity contribution in [3.63, 3.8) is 0 Å². The molecule has 1 atom stereocenters. The van der Waals surface area contributed by atoms with Gasteiger partial charge in [-0.1, -0.05) is 72.4 Å². The predicted octanol–water partition coefficient (Wildman–Crippen LogP) is 6.80. The van der Waals surface area contributed by atoms with Gasteiger partial charge in [-0.25, -0.2) is 4.79 Å². The van der Waals surface area contributed by atoms with Crippen molar-refractivity contribution in [2.24, 2.45) is 0 Å². The number of phenols is 1. The Morgan fingerprint density at radius 3 is 2.24 bits per heavy atom. The van der Waals surface area contributed by atoms with Crippen LogP contribution in [-0.2, 0) is 17.8 Å². The number of hydrogen-bond donors (Lipinski definition) is 5. The van der Waals surface area contributed by atoms with E-state index in [2.05, 4.69) is 35.6 Å². The number of benzene rings is 3. The lowest BCUT2D eigenvalue weighted by Crippen LogP contribution is -2.22. The fourth-order valence-corrected chi connectivity index (χ4v) is 4.31. The molecule has 0 heterocycles. The molecular formula is C32H41Cl2NO6. The maximum Gasteiger partial charge on any atom is 0.335 e. The van der Waals surface area contributed by atoms with Crippen molar-refractivity contribution >= 4 is 29.2 Å². The van der Waals surface area contributed by atoms with Crippen LogP contribution < -0.4 is 5.32 Å². The summed E-state index contributed by atoms with van der Waals surface area (Å²) in [5.41, 5.74) is 2.67. The summed E-state index contributed by atoms with van der Waals surface area (Å²) in [7, 11) is 0. The van der Waals surface area contributed by atoms with Crippen molar-refractivity contribution < 1.29 is 30.0 Å². The lowest BCUT2D eigenvalue weighted by molar-refractivity contribution is 0.0697. The third-order valence-corrected chi connectivity index (χ3v) is 7.14. The van der Waals surface area contributed by atoms with Gasteiger partial charge in [0.2, 0.25) is 0 Å². The third-order valence-electron chi connectivity index (χ3n) is 6.40. The summed E-state index contributed by atoms with van der Waals surface area (Å²) in [5.74, 6) is -0.957. The summed E-state index contributed by atoms with van der Waals surface area (Å²) in [5, 5.41) is 41.4. The highest BCUT2D eigenvalue weighted by atomic mass is 35.5. The molecule has 0 bridgehead atoms. The average Bonchev–Trinajstić information content (AvgIpc) is 2.97. The molecule has 0 fully saturated rings. The Balaban J connectivity index is 0.000000446. The number of aryl methyl sites for hydroxylation is 1. The first-order valence-corrected chi connectivity index (χ1v) is 14.7. The highest BCUT2D eigenvalue weighted by Gasteiger charge is 2.10. The summed E-state index contributed by atoms with van der Waals surface area (Å²) in [6.45, 7) is 2.77. The highest BCUT2D eigenvalue weighted by molar-refractivity contribution is 6.42. The van der Waals surface area contributed by atoms with Crippen molar-refractivity contribution in [2.45, 2.75) is 57.7 Å². The number of aliphatic hydroxyl groups excluding tert-OH is 2. The quantitative estimate of drug-likeness (QED) is 0.107. The van der Waals surface area contributed by atoms with Gasteiger partial charge in [-0.2, -0.15) is 0 Å². The molecule has 41 heavy (non-hydrogen) atoms.